The van der Waals surface area contributed by atoms with Crippen molar-refractivity contribution < 1.29 is 19.5 Å². The monoisotopic (exact) mass is 309 g/mol. The van der Waals surface area contributed by atoms with Crippen LogP contribution in [0, 0.1) is 5.92 Å². The molecule has 1 atom stereocenters. The summed E-state index contributed by atoms with van der Waals surface area (Å²) in [4.78, 5) is 36.7. The third-order valence-corrected chi connectivity index (χ3v) is 3.94. The molecule has 1 saturated heterocycles. The predicted molar refractivity (Wildman–Crippen MR) is 84.1 cm³/mol. The lowest BCUT2D eigenvalue weighted by atomic mass is 9.98. The van der Waals surface area contributed by atoms with E-state index in [-0.39, 0.29) is 29.7 Å². The van der Waals surface area contributed by atoms with Crippen molar-refractivity contribution in [2.45, 2.75) is 12.8 Å². The highest BCUT2D eigenvalue weighted by Gasteiger charge is 2.39. The Labute approximate surface area is 133 Å². The first-order valence-electron chi connectivity index (χ1n) is 7.30. The lowest BCUT2D eigenvalue weighted by molar-refractivity contribution is -0.122. The topological polar surface area (TPSA) is 74.7 Å². The number of benzene rings is 2. The number of carboxylic acid groups (broad SMARTS) is 1. The van der Waals surface area contributed by atoms with Gasteiger partial charge in [0.1, 0.15) is 0 Å². The highest BCUT2D eigenvalue weighted by molar-refractivity contribution is 6.21. The summed E-state index contributed by atoms with van der Waals surface area (Å²) in [6.07, 6.45) is 0.698. The summed E-state index contributed by atoms with van der Waals surface area (Å²) in [5.41, 5.74) is 1.55. The molecule has 5 heteroatoms. The van der Waals surface area contributed by atoms with Gasteiger partial charge in [0.05, 0.1) is 17.2 Å². The van der Waals surface area contributed by atoms with Crippen molar-refractivity contribution in [3.63, 3.8) is 0 Å². The zero-order chi connectivity index (χ0) is 16.4. The Kier molecular flexibility index (Phi) is 3.93. The average molecular weight is 309 g/mol. The molecule has 1 N–H and O–H groups in total. The second kappa shape index (κ2) is 6.04. The Hall–Kier alpha value is -2.95. The summed E-state index contributed by atoms with van der Waals surface area (Å²) in [7, 11) is 0. The number of hydrogen-bond acceptors (Lipinski definition) is 3. The van der Waals surface area contributed by atoms with E-state index in [4.69, 9.17) is 5.11 Å². The minimum atomic E-state index is -1.04. The van der Waals surface area contributed by atoms with Crippen LogP contribution < -0.4 is 4.90 Å². The van der Waals surface area contributed by atoms with E-state index in [1.54, 1.807) is 0 Å². The molecule has 1 heterocycles. The summed E-state index contributed by atoms with van der Waals surface area (Å²) < 4.78 is 0. The van der Waals surface area contributed by atoms with Gasteiger partial charge in [-0.05, 0) is 36.2 Å². The Morgan fingerprint density at radius 3 is 2.30 bits per heavy atom. The maximum absolute atomic E-state index is 12.5. The number of hydrogen-bond donors (Lipinski definition) is 1. The van der Waals surface area contributed by atoms with Crippen LogP contribution in [0.15, 0.2) is 54.6 Å². The molecule has 0 saturated carbocycles. The van der Waals surface area contributed by atoms with Crippen LogP contribution in [0.4, 0.5) is 5.69 Å². The Morgan fingerprint density at radius 1 is 1.04 bits per heavy atom. The van der Waals surface area contributed by atoms with Crippen molar-refractivity contribution in [3.05, 3.63) is 65.7 Å². The lowest BCUT2D eigenvalue weighted by Gasteiger charge is -2.15. The molecular formula is C18H15NO4. The van der Waals surface area contributed by atoms with Crippen LogP contribution in [0.1, 0.15) is 22.3 Å². The number of aromatic carboxylic acids is 1. The molecule has 0 bridgehead atoms. The molecule has 3 rings (SSSR count). The van der Waals surface area contributed by atoms with Gasteiger partial charge < -0.3 is 5.11 Å². The van der Waals surface area contributed by atoms with Gasteiger partial charge in [0.25, 0.3) is 0 Å². The maximum atomic E-state index is 12.5. The first kappa shape index (κ1) is 15.0. The minimum Gasteiger partial charge on any atom is -0.478 e. The number of carbonyl (C=O) groups excluding carboxylic acids is 2. The molecule has 2 amide bonds. The molecule has 1 aliphatic rings. The lowest BCUT2D eigenvalue weighted by Crippen LogP contribution is -2.30. The predicted octanol–water partition coefficient (Wildman–Crippen LogP) is 2.51. The second-order valence-corrected chi connectivity index (χ2v) is 5.51. The number of carbonyl (C=O) groups is 3. The van der Waals surface area contributed by atoms with Crippen LogP contribution in [0.5, 0.6) is 0 Å². The maximum Gasteiger partial charge on any atom is 0.335 e. The van der Waals surface area contributed by atoms with E-state index in [1.807, 2.05) is 30.3 Å². The molecule has 1 aliphatic heterocycles. The van der Waals surface area contributed by atoms with E-state index in [0.29, 0.717) is 12.1 Å². The SMILES string of the molecule is O=C(O)c1ccc(N2C(=O)C[C@H](Cc3ccccc3)C2=O)cc1. The normalized spacial score (nSPS) is 17.6. The van der Waals surface area contributed by atoms with Crippen LogP contribution in [0.2, 0.25) is 0 Å². The number of imide groups is 1. The van der Waals surface area contributed by atoms with E-state index in [0.717, 1.165) is 10.5 Å². The van der Waals surface area contributed by atoms with Crippen LogP contribution in [-0.4, -0.2) is 22.9 Å². The van der Waals surface area contributed by atoms with Crippen molar-refractivity contribution in [1.82, 2.24) is 0 Å². The molecule has 1 fully saturated rings. The number of nitrogens with zero attached hydrogens (tertiary/aromatic N) is 1. The molecule has 0 aromatic heterocycles. The van der Waals surface area contributed by atoms with Gasteiger partial charge >= 0.3 is 5.97 Å². The molecule has 0 aliphatic carbocycles. The van der Waals surface area contributed by atoms with Crippen LogP contribution >= 0.6 is 0 Å². The molecule has 0 radical (unpaired) electrons. The van der Waals surface area contributed by atoms with Crippen molar-refractivity contribution in [3.8, 4) is 0 Å². The third kappa shape index (κ3) is 2.99. The van der Waals surface area contributed by atoms with E-state index in [2.05, 4.69) is 0 Å². The van der Waals surface area contributed by atoms with Gasteiger partial charge in [0, 0.05) is 6.42 Å². The van der Waals surface area contributed by atoms with Gasteiger partial charge in [0.15, 0.2) is 0 Å². The van der Waals surface area contributed by atoms with Gasteiger partial charge in [0.2, 0.25) is 11.8 Å². The molecule has 116 valence electrons. The first-order valence-corrected chi connectivity index (χ1v) is 7.30. The minimum absolute atomic E-state index is 0.119. The Balaban J connectivity index is 1.79. The summed E-state index contributed by atoms with van der Waals surface area (Å²) >= 11 is 0. The Bertz CT molecular complexity index is 752. The average Bonchev–Trinajstić information content (AvgIpc) is 2.82. The van der Waals surface area contributed by atoms with Crippen LogP contribution in [0.25, 0.3) is 0 Å². The van der Waals surface area contributed by atoms with Crippen molar-refractivity contribution in [1.29, 1.82) is 0 Å². The zero-order valence-corrected chi connectivity index (χ0v) is 12.3. The van der Waals surface area contributed by atoms with Crippen molar-refractivity contribution >= 4 is 23.5 Å². The molecule has 0 unspecified atom stereocenters. The number of amides is 2. The van der Waals surface area contributed by atoms with Crippen LogP contribution in [-0.2, 0) is 16.0 Å². The largest absolute Gasteiger partial charge is 0.478 e. The van der Waals surface area contributed by atoms with Crippen molar-refractivity contribution in [2.24, 2.45) is 5.92 Å². The summed E-state index contributed by atoms with van der Waals surface area (Å²) in [5.74, 6) is -1.90. The third-order valence-electron chi connectivity index (χ3n) is 3.94. The standard InChI is InChI=1S/C18H15NO4/c20-16-11-14(10-12-4-2-1-3-5-12)17(21)19(16)15-8-6-13(7-9-15)18(22)23/h1-9,14H,10-11H2,(H,22,23)/t14-/m0/s1. The van der Waals surface area contributed by atoms with Crippen LogP contribution in [0.3, 0.4) is 0 Å². The molecule has 2 aromatic carbocycles. The van der Waals surface area contributed by atoms with Gasteiger partial charge in [-0.2, -0.15) is 0 Å². The number of anilines is 1. The molecule has 23 heavy (non-hydrogen) atoms. The van der Waals surface area contributed by atoms with Crippen molar-refractivity contribution in [2.75, 3.05) is 4.90 Å². The quantitative estimate of drug-likeness (QED) is 0.881. The molecule has 5 nitrogen and oxygen atoms in total. The fourth-order valence-electron chi connectivity index (χ4n) is 2.78. The van der Waals surface area contributed by atoms with Gasteiger partial charge in [-0.15, -0.1) is 0 Å². The summed E-state index contributed by atoms with van der Waals surface area (Å²) in [6, 6.07) is 15.3. The van der Waals surface area contributed by atoms with Gasteiger partial charge in [-0.25, -0.2) is 4.79 Å². The summed E-state index contributed by atoms with van der Waals surface area (Å²) in [5, 5.41) is 8.90. The first-order chi connectivity index (χ1) is 11.1. The second-order valence-electron chi connectivity index (χ2n) is 5.51. The van der Waals surface area contributed by atoms with E-state index in [9.17, 15) is 14.4 Å². The number of carboxylic acids is 1. The number of rotatable bonds is 4. The smallest absolute Gasteiger partial charge is 0.335 e. The molecular weight excluding hydrogens is 294 g/mol. The Morgan fingerprint density at radius 2 is 1.70 bits per heavy atom. The van der Waals surface area contributed by atoms with Gasteiger partial charge in [-0.3, -0.25) is 14.5 Å². The summed E-state index contributed by atoms with van der Waals surface area (Å²) in [6.45, 7) is 0. The highest BCUT2D eigenvalue weighted by Crippen LogP contribution is 2.28. The van der Waals surface area contributed by atoms with E-state index < -0.39 is 5.97 Å². The zero-order valence-electron chi connectivity index (χ0n) is 12.3. The van der Waals surface area contributed by atoms with E-state index in [1.165, 1.54) is 24.3 Å². The highest BCUT2D eigenvalue weighted by atomic mass is 16.4. The van der Waals surface area contributed by atoms with E-state index >= 15 is 0 Å². The fraction of sp³-hybridized carbons (Fsp3) is 0.167. The fourth-order valence-corrected chi connectivity index (χ4v) is 2.78. The molecule has 0 spiro atoms. The molecule has 2 aromatic rings. The van der Waals surface area contributed by atoms with Gasteiger partial charge in [-0.1, -0.05) is 30.3 Å².